The first kappa shape index (κ1) is 22.3. The molecule has 0 unspecified atom stereocenters. The van der Waals surface area contributed by atoms with E-state index in [0.717, 1.165) is 37.8 Å². The van der Waals surface area contributed by atoms with Crippen LogP contribution in [0.2, 0.25) is 0 Å². The van der Waals surface area contributed by atoms with Crippen LogP contribution in [0.5, 0.6) is 0 Å². The summed E-state index contributed by atoms with van der Waals surface area (Å²) < 4.78 is 5.32. The van der Waals surface area contributed by atoms with E-state index >= 15 is 0 Å². The van der Waals surface area contributed by atoms with Gasteiger partial charge in [-0.25, -0.2) is 4.79 Å². The Labute approximate surface area is 184 Å². The topological polar surface area (TPSA) is 120 Å². The Morgan fingerprint density at radius 2 is 2.23 bits per heavy atom. The van der Waals surface area contributed by atoms with Crippen molar-refractivity contribution < 1.29 is 19.7 Å². The number of nitrogens with two attached hydrogens (primary N) is 1. The van der Waals surface area contributed by atoms with Crippen LogP contribution in [0.3, 0.4) is 0 Å². The number of nitrogens with one attached hydrogen (secondary N) is 1. The number of aliphatic hydroxyl groups is 1. The third kappa shape index (κ3) is 3.06. The van der Waals surface area contributed by atoms with E-state index in [1.807, 2.05) is 18.1 Å². The second-order valence-corrected chi connectivity index (χ2v) is 9.87. The van der Waals surface area contributed by atoms with Crippen LogP contribution < -0.4 is 11.1 Å². The van der Waals surface area contributed by atoms with E-state index in [-0.39, 0.29) is 28.9 Å². The number of methoxy groups -OCH3 is 1. The maximum atomic E-state index is 12.4. The minimum absolute atomic E-state index is 0.000514. The maximum absolute atomic E-state index is 12.4. The maximum Gasteiger partial charge on any atom is 0.334 e. The highest BCUT2D eigenvalue weighted by Gasteiger charge is 2.72. The molecular formula is C23H36N4O4. The first-order chi connectivity index (χ1) is 14.8. The Morgan fingerprint density at radius 3 is 2.90 bits per heavy atom. The van der Waals surface area contributed by atoms with Gasteiger partial charge in [0.25, 0.3) is 0 Å². The summed E-state index contributed by atoms with van der Waals surface area (Å²) in [5.74, 6) is 0.126. The molecule has 8 nitrogen and oxygen atoms in total. The first-order valence-electron chi connectivity index (χ1n) is 11.3. The number of aliphatic carboxylic acids is 1. The summed E-state index contributed by atoms with van der Waals surface area (Å²) in [4.78, 5) is 18.9. The van der Waals surface area contributed by atoms with Crippen LogP contribution in [0.1, 0.15) is 39.0 Å². The van der Waals surface area contributed by atoms with E-state index in [9.17, 15) is 15.0 Å². The average molecular weight is 433 g/mol. The minimum atomic E-state index is -1.46. The summed E-state index contributed by atoms with van der Waals surface area (Å²) in [6, 6.07) is 0. The predicted molar refractivity (Wildman–Crippen MR) is 118 cm³/mol. The van der Waals surface area contributed by atoms with E-state index < -0.39 is 11.6 Å². The highest BCUT2D eigenvalue weighted by molar-refractivity contribution is 5.92. The Bertz CT molecular complexity index is 839. The van der Waals surface area contributed by atoms with Crippen molar-refractivity contribution in [1.82, 2.24) is 10.2 Å². The van der Waals surface area contributed by atoms with Crippen LogP contribution >= 0.6 is 0 Å². The van der Waals surface area contributed by atoms with Gasteiger partial charge < -0.3 is 30.9 Å². The average Bonchev–Trinajstić information content (AvgIpc) is 3.05. The number of carboxylic acids is 1. The number of rotatable bonds is 6. The third-order valence-electron chi connectivity index (χ3n) is 8.53. The number of allylic oxidation sites excluding steroid dienone is 2. The number of hydrogen-bond donors (Lipinski definition) is 4. The SMILES string of the molecule is CNCCN=C(N)N1C=CC[C@@]2(C1)[C@@H]1CC[C@@H](C)[C@]23C[C@](O)(COC)C(C(=O)O)=C3C1. The molecule has 1 heterocycles. The molecule has 0 radical (unpaired) electrons. The monoisotopic (exact) mass is 432 g/mol. The summed E-state index contributed by atoms with van der Waals surface area (Å²) in [6.45, 7) is 4.29. The summed E-state index contributed by atoms with van der Waals surface area (Å²) in [5, 5.41) is 24.7. The van der Waals surface area contributed by atoms with E-state index in [1.165, 1.54) is 7.11 Å². The van der Waals surface area contributed by atoms with Crippen LogP contribution in [0.4, 0.5) is 0 Å². The van der Waals surface area contributed by atoms with Crippen molar-refractivity contribution in [2.24, 2.45) is 33.4 Å². The molecule has 2 spiro atoms. The van der Waals surface area contributed by atoms with Gasteiger partial charge in [-0.1, -0.05) is 13.0 Å². The minimum Gasteiger partial charge on any atom is -0.478 e. The molecule has 4 rings (SSSR count). The number of ether oxygens (including phenoxy) is 1. The van der Waals surface area contributed by atoms with Crippen LogP contribution in [-0.2, 0) is 9.53 Å². The van der Waals surface area contributed by atoms with Gasteiger partial charge in [0.05, 0.1) is 18.7 Å². The molecule has 0 saturated heterocycles. The number of guanidine groups is 1. The van der Waals surface area contributed by atoms with Crippen molar-refractivity contribution in [2.45, 2.75) is 44.6 Å². The van der Waals surface area contributed by atoms with E-state index in [2.05, 4.69) is 23.3 Å². The lowest BCUT2D eigenvalue weighted by atomic mass is 9.49. The number of aliphatic imine (C=N–C) groups is 1. The molecule has 0 aromatic rings. The van der Waals surface area contributed by atoms with Crippen LogP contribution in [0, 0.1) is 22.7 Å². The second-order valence-electron chi connectivity index (χ2n) is 9.87. The third-order valence-corrected chi connectivity index (χ3v) is 8.53. The lowest BCUT2D eigenvalue weighted by Crippen LogP contribution is -2.58. The van der Waals surface area contributed by atoms with Gasteiger partial charge in [-0.2, -0.15) is 0 Å². The molecule has 0 aromatic carbocycles. The number of hydrogen-bond acceptors (Lipinski definition) is 5. The largest absolute Gasteiger partial charge is 0.478 e. The molecule has 0 aromatic heterocycles. The van der Waals surface area contributed by atoms with Crippen molar-refractivity contribution >= 4 is 11.9 Å². The summed E-state index contributed by atoms with van der Waals surface area (Å²) in [7, 11) is 3.40. The molecular weight excluding hydrogens is 396 g/mol. The second kappa shape index (κ2) is 7.90. The van der Waals surface area contributed by atoms with Gasteiger partial charge in [0, 0.05) is 37.2 Å². The smallest absolute Gasteiger partial charge is 0.334 e. The predicted octanol–water partition coefficient (Wildman–Crippen LogP) is 1.32. The van der Waals surface area contributed by atoms with Crippen molar-refractivity contribution in [2.75, 3.05) is 40.4 Å². The fourth-order valence-corrected chi connectivity index (χ4v) is 7.42. The van der Waals surface area contributed by atoms with Crippen LogP contribution in [0.25, 0.3) is 0 Å². The van der Waals surface area contributed by atoms with Crippen LogP contribution in [-0.4, -0.2) is 73.0 Å². The zero-order valence-corrected chi connectivity index (χ0v) is 18.9. The Balaban J connectivity index is 1.79. The highest BCUT2D eigenvalue weighted by Crippen LogP contribution is 2.76. The van der Waals surface area contributed by atoms with Crippen molar-refractivity contribution in [3.05, 3.63) is 23.4 Å². The molecule has 2 bridgehead atoms. The Hall–Kier alpha value is -1.90. The first-order valence-corrected chi connectivity index (χ1v) is 11.3. The molecule has 2 saturated carbocycles. The standard InChI is InChI=1S/C23H36N4O4/c1-15-5-6-16-11-17-18(19(28)29)22(30,14-31-3)12-23(15,17)21(16)7-4-10-27(13-21)20(24)26-9-8-25-2/h4,10,15-16,25,30H,5-9,11-14H2,1-3H3,(H2,24,26)(H,28,29)/t15-,16-,21-,22+,23+/m1/s1. The molecule has 8 heteroatoms. The lowest BCUT2D eigenvalue weighted by Gasteiger charge is -2.58. The zero-order valence-electron chi connectivity index (χ0n) is 18.9. The zero-order chi connectivity index (χ0) is 22.4. The van der Waals surface area contributed by atoms with Gasteiger partial charge in [0.1, 0.15) is 5.60 Å². The van der Waals surface area contributed by atoms with Crippen molar-refractivity contribution in [3.8, 4) is 0 Å². The van der Waals surface area contributed by atoms with Crippen molar-refractivity contribution in [1.29, 1.82) is 0 Å². The molecule has 4 aliphatic rings. The summed E-state index contributed by atoms with van der Waals surface area (Å²) >= 11 is 0. The van der Waals surface area contributed by atoms with Crippen LogP contribution in [0.15, 0.2) is 28.4 Å². The number of likely N-dealkylation sites (N-methyl/N-ethyl adjacent to an activating group) is 1. The number of carbonyl (C=O) groups is 1. The van der Waals surface area contributed by atoms with Gasteiger partial charge in [0.15, 0.2) is 5.96 Å². The molecule has 2 fully saturated rings. The molecule has 5 atom stereocenters. The van der Waals surface area contributed by atoms with Gasteiger partial charge in [-0.15, -0.1) is 0 Å². The quantitative estimate of drug-likeness (QED) is 0.284. The van der Waals surface area contributed by atoms with Gasteiger partial charge in [-0.05, 0) is 56.6 Å². The van der Waals surface area contributed by atoms with Gasteiger partial charge >= 0.3 is 5.97 Å². The lowest BCUT2D eigenvalue weighted by molar-refractivity contribution is -0.137. The Morgan fingerprint density at radius 1 is 1.45 bits per heavy atom. The Kier molecular flexibility index (Phi) is 5.69. The van der Waals surface area contributed by atoms with E-state index in [0.29, 0.717) is 31.4 Å². The molecule has 31 heavy (non-hydrogen) atoms. The summed E-state index contributed by atoms with van der Waals surface area (Å²) in [5.41, 5.74) is 5.49. The molecule has 5 N–H and O–H groups in total. The molecule has 172 valence electrons. The number of carboxylic acid groups (broad SMARTS) is 1. The number of nitrogens with zero attached hydrogens (tertiary/aromatic N) is 2. The van der Waals surface area contributed by atoms with Crippen molar-refractivity contribution in [3.63, 3.8) is 0 Å². The van der Waals surface area contributed by atoms with Gasteiger partial charge in [-0.3, -0.25) is 4.99 Å². The molecule has 3 aliphatic carbocycles. The fourth-order valence-electron chi connectivity index (χ4n) is 7.42. The molecule has 0 amide bonds. The normalized spacial score (nSPS) is 39.5. The van der Waals surface area contributed by atoms with Gasteiger partial charge in [0.2, 0.25) is 0 Å². The van der Waals surface area contributed by atoms with E-state index in [4.69, 9.17) is 10.5 Å². The molecule has 1 aliphatic heterocycles. The van der Waals surface area contributed by atoms with E-state index in [1.54, 1.807) is 0 Å². The fraction of sp³-hybridized carbons (Fsp3) is 0.739. The summed E-state index contributed by atoms with van der Waals surface area (Å²) in [6.07, 6.45) is 8.28. The highest BCUT2D eigenvalue weighted by atomic mass is 16.5.